The first-order valence-electron chi connectivity index (χ1n) is 8.30. The lowest BCUT2D eigenvalue weighted by atomic mass is 10.1. The van der Waals surface area contributed by atoms with Crippen LogP contribution in [-0.2, 0) is 13.6 Å². The molecule has 25 heavy (non-hydrogen) atoms. The number of aryl methyl sites for hydroxylation is 1. The number of rotatable bonds is 7. The summed E-state index contributed by atoms with van der Waals surface area (Å²) < 4.78 is 14.7. The van der Waals surface area contributed by atoms with E-state index in [1.54, 1.807) is 15.8 Å². The Balaban J connectivity index is 2.00. The average Bonchev–Trinajstić information content (AvgIpc) is 2.97. The molecule has 0 spiro atoms. The molecule has 2 amide bonds. The number of carbonyl (C=O) groups is 1. The van der Waals surface area contributed by atoms with Crippen LogP contribution in [0.15, 0.2) is 36.5 Å². The molecule has 0 radical (unpaired) electrons. The molecule has 0 aliphatic rings. The highest BCUT2D eigenvalue weighted by Crippen LogP contribution is 2.16. The molecule has 2 rings (SSSR count). The van der Waals surface area contributed by atoms with E-state index in [0.29, 0.717) is 18.7 Å². The van der Waals surface area contributed by atoms with Gasteiger partial charge in [-0.3, -0.25) is 4.68 Å². The molecular weight excluding hydrogens is 323 g/mol. The molecule has 0 aliphatic heterocycles. The zero-order valence-electron chi connectivity index (χ0n) is 14.8. The molecule has 1 aromatic heterocycles. The SMILES string of the molecule is CC(C)CN(CC(O)c1ccc(F)cc1)C(=O)NCc1ccnn1C. The van der Waals surface area contributed by atoms with E-state index < -0.39 is 6.10 Å². The van der Waals surface area contributed by atoms with E-state index in [2.05, 4.69) is 10.4 Å². The molecule has 7 heteroatoms. The van der Waals surface area contributed by atoms with E-state index in [1.807, 2.05) is 27.0 Å². The summed E-state index contributed by atoms with van der Waals surface area (Å²) in [6.45, 7) is 5.02. The number of nitrogens with zero attached hydrogens (tertiary/aromatic N) is 3. The van der Waals surface area contributed by atoms with Crippen molar-refractivity contribution in [3.05, 3.63) is 53.6 Å². The van der Waals surface area contributed by atoms with E-state index in [0.717, 1.165) is 5.69 Å². The molecule has 1 atom stereocenters. The van der Waals surface area contributed by atoms with Gasteiger partial charge in [0.2, 0.25) is 0 Å². The second-order valence-corrected chi connectivity index (χ2v) is 6.47. The number of halogens is 1. The molecule has 0 fully saturated rings. The molecule has 2 aromatic rings. The maximum Gasteiger partial charge on any atom is 0.317 e. The van der Waals surface area contributed by atoms with Crippen LogP contribution in [-0.4, -0.2) is 38.9 Å². The summed E-state index contributed by atoms with van der Waals surface area (Å²) in [5.74, 6) is -0.105. The molecule has 136 valence electrons. The third-order valence-electron chi connectivity index (χ3n) is 3.86. The minimum absolute atomic E-state index is 0.140. The maximum absolute atomic E-state index is 13.0. The summed E-state index contributed by atoms with van der Waals surface area (Å²) in [6, 6.07) is 7.24. The molecule has 6 nitrogen and oxygen atoms in total. The first-order valence-corrected chi connectivity index (χ1v) is 8.30. The normalized spacial score (nSPS) is 12.2. The minimum atomic E-state index is -0.873. The van der Waals surface area contributed by atoms with Gasteiger partial charge in [-0.25, -0.2) is 9.18 Å². The largest absolute Gasteiger partial charge is 0.387 e. The third-order valence-corrected chi connectivity index (χ3v) is 3.86. The summed E-state index contributed by atoms with van der Waals surface area (Å²) in [5.41, 5.74) is 1.46. The second kappa shape index (κ2) is 8.62. The molecule has 1 heterocycles. The van der Waals surface area contributed by atoms with Crippen LogP contribution in [0.5, 0.6) is 0 Å². The van der Waals surface area contributed by atoms with Crippen molar-refractivity contribution >= 4 is 6.03 Å². The fraction of sp³-hybridized carbons (Fsp3) is 0.444. The van der Waals surface area contributed by atoms with Crippen LogP contribution in [0.1, 0.15) is 31.2 Å². The van der Waals surface area contributed by atoms with Crippen LogP contribution in [0, 0.1) is 11.7 Å². The van der Waals surface area contributed by atoms with Crippen LogP contribution in [0.25, 0.3) is 0 Å². The second-order valence-electron chi connectivity index (χ2n) is 6.47. The van der Waals surface area contributed by atoms with E-state index in [-0.39, 0.29) is 24.3 Å². The van der Waals surface area contributed by atoms with E-state index in [4.69, 9.17) is 0 Å². The first kappa shape index (κ1) is 18.9. The van der Waals surface area contributed by atoms with E-state index in [1.165, 1.54) is 24.3 Å². The Hall–Kier alpha value is -2.41. The topological polar surface area (TPSA) is 70.4 Å². The number of urea groups is 1. The average molecular weight is 348 g/mol. The monoisotopic (exact) mass is 348 g/mol. The Kier molecular flexibility index (Phi) is 6.52. The van der Waals surface area contributed by atoms with Crippen molar-refractivity contribution in [3.8, 4) is 0 Å². The number of aliphatic hydroxyl groups excluding tert-OH is 1. The van der Waals surface area contributed by atoms with E-state index in [9.17, 15) is 14.3 Å². The third kappa shape index (κ3) is 5.56. The highest BCUT2D eigenvalue weighted by molar-refractivity contribution is 5.74. The lowest BCUT2D eigenvalue weighted by Gasteiger charge is -2.27. The Morgan fingerprint density at radius 1 is 1.28 bits per heavy atom. The number of carbonyl (C=O) groups excluding carboxylic acids is 1. The molecule has 1 aromatic carbocycles. The Bertz CT molecular complexity index is 685. The summed E-state index contributed by atoms with van der Waals surface area (Å²) >= 11 is 0. The number of hydrogen-bond donors (Lipinski definition) is 2. The number of aromatic nitrogens is 2. The van der Waals surface area contributed by atoms with Gasteiger partial charge in [0.1, 0.15) is 5.82 Å². The number of amides is 2. The van der Waals surface area contributed by atoms with Crippen LogP contribution < -0.4 is 5.32 Å². The maximum atomic E-state index is 13.0. The van der Waals surface area contributed by atoms with Gasteiger partial charge in [-0.1, -0.05) is 26.0 Å². The summed E-state index contributed by atoms with van der Waals surface area (Å²) in [6.07, 6.45) is 0.799. The molecule has 0 bridgehead atoms. The number of nitrogens with one attached hydrogen (secondary N) is 1. The molecule has 0 saturated carbocycles. The van der Waals surface area contributed by atoms with Crippen molar-refractivity contribution in [1.82, 2.24) is 20.0 Å². The highest BCUT2D eigenvalue weighted by atomic mass is 19.1. The van der Waals surface area contributed by atoms with Crippen molar-refractivity contribution in [2.24, 2.45) is 13.0 Å². The van der Waals surface area contributed by atoms with Crippen molar-refractivity contribution in [3.63, 3.8) is 0 Å². The summed E-state index contributed by atoms with van der Waals surface area (Å²) in [4.78, 5) is 14.1. The minimum Gasteiger partial charge on any atom is -0.387 e. The summed E-state index contributed by atoms with van der Waals surface area (Å²) in [5, 5.41) is 17.3. The smallest absolute Gasteiger partial charge is 0.317 e. The van der Waals surface area contributed by atoms with Crippen molar-refractivity contribution in [2.75, 3.05) is 13.1 Å². The molecule has 1 unspecified atom stereocenters. The van der Waals surface area contributed by atoms with Gasteiger partial charge in [0.25, 0.3) is 0 Å². The van der Waals surface area contributed by atoms with Gasteiger partial charge in [-0.05, 0) is 29.7 Å². The van der Waals surface area contributed by atoms with Gasteiger partial charge in [0.15, 0.2) is 0 Å². The Labute approximate surface area is 147 Å². The highest BCUT2D eigenvalue weighted by Gasteiger charge is 2.20. The fourth-order valence-corrected chi connectivity index (χ4v) is 2.53. The lowest BCUT2D eigenvalue weighted by molar-refractivity contribution is 0.115. The molecular formula is C18H25FN4O2. The van der Waals surface area contributed by atoms with Crippen LogP contribution in [0.3, 0.4) is 0 Å². The predicted molar refractivity (Wildman–Crippen MR) is 93.2 cm³/mol. The van der Waals surface area contributed by atoms with Crippen molar-refractivity contribution in [1.29, 1.82) is 0 Å². The zero-order chi connectivity index (χ0) is 18.4. The molecule has 2 N–H and O–H groups in total. The van der Waals surface area contributed by atoms with Crippen molar-refractivity contribution < 1.29 is 14.3 Å². The molecule has 0 saturated heterocycles. The van der Waals surface area contributed by atoms with Crippen LogP contribution in [0.2, 0.25) is 0 Å². The first-order chi connectivity index (χ1) is 11.9. The van der Waals surface area contributed by atoms with Crippen LogP contribution in [0.4, 0.5) is 9.18 Å². The number of aliphatic hydroxyl groups is 1. The van der Waals surface area contributed by atoms with Gasteiger partial charge in [-0.15, -0.1) is 0 Å². The number of hydrogen-bond acceptors (Lipinski definition) is 3. The van der Waals surface area contributed by atoms with Crippen molar-refractivity contribution in [2.45, 2.75) is 26.5 Å². The van der Waals surface area contributed by atoms with Gasteiger partial charge in [0.05, 0.1) is 24.9 Å². The van der Waals surface area contributed by atoms with E-state index >= 15 is 0 Å². The van der Waals surface area contributed by atoms with Gasteiger partial charge in [0, 0.05) is 19.8 Å². The quantitative estimate of drug-likeness (QED) is 0.807. The Morgan fingerprint density at radius 3 is 2.52 bits per heavy atom. The van der Waals surface area contributed by atoms with Gasteiger partial charge >= 0.3 is 6.03 Å². The lowest BCUT2D eigenvalue weighted by Crippen LogP contribution is -2.43. The summed E-state index contributed by atoms with van der Waals surface area (Å²) in [7, 11) is 1.81. The zero-order valence-corrected chi connectivity index (χ0v) is 14.8. The Morgan fingerprint density at radius 2 is 1.96 bits per heavy atom. The van der Waals surface area contributed by atoms with Gasteiger partial charge in [-0.2, -0.15) is 5.10 Å². The van der Waals surface area contributed by atoms with Crippen LogP contribution >= 0.6 is 0 Å². The predicted octanol–water partition coefficient (Wildman–Crippen LogP) is 2.46. The fourth-order valence-electron chi connectivity index (χ4n) is 2.53. The molecule has 0 aliphatic carbocycles. The standard InChI is InChI=1S/C18H25FN4O2/c1-13(2)11-23(12-17(24)14-4-6-15(19)7-5-14)18(25)20-10-16-8-9-21-22(16)3/h4-9,13,17,24H,10-12H2,1-3H3,(H,20,25). The number of benzene rings is 1. The van der Waals surface area contributed by atoms with Gasteiger partial charge < -0.3 is 15.3 Å².